The fourth-order valence-electron chi connectivity index (χ4n) is 2.77. The van der Waals surface area contributed by atoms with E-state index in [9.17, 15) is 27.5 Å². The van der Waals surface area contributed by atoms with Crippen LogP contribution in [-0.4, -0.2) is 11.1 Å². The van der Waals surface area contributed by atoms with Crippen LogP contribution in [0.3, 0.4) is 0 Å². The molecule has 0 fully saturated rings. The molecule has 0 aromatic heterocycles. The van der Waals surface area contributed by atoms with Gasteiger partial charge in [-0.2, -0.15) is 0 Å². The molecule has 0 heterocycles. The number of rotatable bonds is 5. The Labute approximate surface area is 188 Å². The van der Waals surface area contributed by atoms with Crippen LogP contribution in [0.4, 0.5) is 34.6 Å². The minimum Gasteiger partial charge on any atom is -0.478 e. The molecule has 4 nitrogen and oxygen atoms in total. The zero-order valence-electron chi connectivity index (χ0n) is 15.0. The van der Waals surface area contributed by atoms with Gasteiger partial charge in [0.05, 0.1) is 22.6 Å². The molecule has 3 rings (SSSR count). The third-order valence-corrected chi connectivity index (χ3v) is 4.86. The molecular formula is C20H14ClF4IN2O2. The van der Waals surface area contributed by atoms with Crippen LogP contribution in [0.1, 0.15) is 21.5 Å². The van der Waals surface area contributed by atoms with Crippen LogP contribution in [0, 0.1) is 26.8 Å². The Morgan fingerprint density at radius 3 is 2.33 bits per heavy atom. The van der Waals surface area contributed by atoms with Crippen molar-refractivity contribution >= 4 is 58.0 Å². The highest BCUT2D eigenvalue weighted by molar-refractivity contribution is 14.1. The number of halogens is 6. The molecule has 158 valence electrons. The summed E-state index contributed by atoms with van der Waals surface area (Å²) < 4.78 is 58.1. The van der Waals surface area contributed by atoms with Gasteiger partial charge >= 0.3 is 5.97 Å². The van der Waals surface area contributed by atoms with Gasteiger partial charge in [-0.05, 0) is 64.0 Å². The lowest BCUT2D eigenvalue weighted by Gasteiger charge is -2.15. The Balaban J connectivity index is 0.00000320. The molecule has 4 N–H and O–H groups in total. The van der Waals surface area contributed by atoms with Gasteiger partial charge in [0.1, 0.15) is 11.6 Å². The number of nitrogens with one attached hydrogen (secondary N) is 1. The average Bonchev–Trinajstić information content (AvgIpc) is 2.66. The van der Waals surface area contributed by atoms with E-state index < -0.39 is 46.9 Å². The van der Waals surface area contributed by atoms with Crippen LogP contribution in [0.15, 0.2) is 42.5 Å². The monoisotopic (exact) mass is 552 g/mol. The van der Waals surface area contributed by atoms with E-state index >= 15 is 0 Å². The molecule has 0 bridgehead atoms. The Hall–Kier alpha value is -2.53. The first-order valence-corrected chi connectivity index (χ1v) is 9.26. The number of nitrogen functional groups attached to an aromatic ring is 1. The highest BCUT2D eigenvalue weighted by Crippen LogP contribution is 2.32. The van der Waals surface area contributed by atoms with Crippen LogP contribution in [-0.2, 0) is 6.42 Å². The van der Waals surface area contributed by atoms with E-state index in [0.717, 1.165) is 12.1 Å². The minimum atomic E-state index is -1.56. The summed E-state index contributed by atoms with van der Waals surface area (Å²) in [6, 6.07) is 8.89. The highest BCUT2D eigenvalue weighted by Gasteiger charge is 2.24. The van der Waals surface area contributed by atoms with Crippen molar-refractivity contribution in [1.29, 1.82) is 0 Å². The SMILES string of the molecule is Cl.Nc1cccc(Cc2cc(C(=O)O)c(Nc3ccc(I)cc3F)c(F)c2F)c1F. The van der Waals surface area contributed by atoms with E-state index in [0.29, 0.717) is 3.57 Å². The van der Waals surface area contributed by atoms with Crippen LogP contribution >= 0.6 is 35.0 Å². The molecule has 0 aliphatic carbocycles. The molecule has 3 aromatic rings. The van der Waals surface area contributed by atoms with Gasteiger partial charge in [0.25, 0.3) is 0 Å². The standard InChI is InChI=1S/C20H13F4IN2O2.ClH/c21-13-8-11(25)4-5-15(13)27-19-12(20(28)29)7-10(17(23)18(19)24)6-9-2-1-3-14(26)16(9)22;/h1-5,7-8,27H,6,26H2,(H,28,29);1H. The third kappa shape index (κ3) is 4.78. The van der Waals surface area contributed by atoms with Gasteiger partial charge in [-0.15, -0.1) is 12.4 Å². The summed E-state index contributed by atoms with van der Waals surface area (Å²) >= 11 is 1.87. The van der Waals surface area contributed by atoms with Gasteiger partial charge < -0.3 is 16.2 Å². The molecule has 0 spiro atoms. The van der Waals surface area contributed by atoms with E-state index in [1.165, 1.54) is 30.3 Å². The molecule has 30 heavy (non-hydrogen) atoms. The normalized spacial score (nSPS) is 10.4. The number of nitrogens with two attached hydrogens (primary N) is 1. The van der Waals surface area contributed by atoms with Crippen molar-refractivity contribution in [3.05, 3.63) is 86.0 Å². The number of anilines is 3. The van der Waals surface area contributed by atoms with Crippen LogP contribution in [0.25, 0.3) is 0 Å². The van der Waals surface area contributed by atoms with Crippen LogP contribution < -0.4 is 11.1 Å². The largest absolute Gasteiger partial charge is 0.478 e. The lowest BCUT2D eigenvalue weighted by Crippen LogP contribution is -2.11. The van der Waals surface area contributed by atoms with Gasteiger partial charge in [-0.25, -0.2) is 22.4 Å². The summed E-state index contributed by atoms with van der Waals surface area (Å²) in [4.78, 5) is 11.6. The molecule has 0 saturated heterocycles. The van der Waals surface area contributed by atoms with Crippen molar-refractivity contribution in [2.45, 2.75) is 6.42 Å². The lowest BCUT2D eigenvalue weighted by molar-refractivity contribution is 0.0697. The van der Waals surface area contributed by atoms with Crippen molar-refractivity contribution in [3.8, 4) is 0 Å². The summed E-state index contributed by atoms with van der Waals surface area (Å²) in [5.41, 5.74) is 3.32. The predicted octanol–water partition coefficient (Wildman–Crippen LogP) is 5.88. The zero-order valence-corrected chi connectivity index (χ0v) is 18.0. The van der Waals surface area contributed by atoms with Crippen molar-refractivity contribution in [1.82, 2.24) is 0 Å². The zero-order chi connectivity index (χ0) is 21.3. The maximum Gasteiger partial charge on any atom is 0.337 e. The smallest absolute Gasteiger partial charge is 0.337 e. The number of carboxylic acids is 1. The van der Waals surface area contributed by atoms with Gasteiger partial charge in [0, 0.05) is 9.99 Å². The number of carbonyl (C=O) groups is 1. The second-order valence-corrected chi connectivity index (χ2v) is 7.38. The average molecular weight is 553 g/mol. The number of aromatic carboxylic acids is 1. The predicted molar refractivity (Wildman–Crippen MR) is 117 cm³/mol. The van der Waals surface area contributed by atoms with Crippen LogP contribution in [0.2, 0.25) is 0 Å². The van der Waals surface area contributed by atoms with E-state index in [1.54, 1.807) is 0 Å². The topological polar surface area (TPSA) is 75.4 Å². The summed E-state index contributed by atoms with van der Waals surface area (Å²) in [6.45, 7) is 0. The molecule has 0 radical (unpaired) electrons. The molecule has 0 aliphatic heterocycles. The third-order valence-electron chi connectivity index (χ3n) is 4.19. The summed E-state index contributed by atoms with van der Waals surface area (Å²) in [5.74, 6) is -6.01. The van der Waals surface area contributed by atoms with E-state index in [-0.39, 0.29) is 34.9 Å². The molecule has 0 unspecified atom stereocenters. The van der Waals surface area contributed by atoms with E-state index in [4.69, 9.17) is 5.73 Å². The number of hydrogen-bond donors (Lipinski definition) is 3. The van der Waals surface area contributed by atoms with Gasteiger partial charge in [-0.3, -0.25) is 0 Å². The van der Waals surface area contributed by atoms with Crippen LogP contribution in [0.5, 0.6) is 0 Å². The first-order valence-electron chi connectivity index (χ1n) is 8.18. The van der Waals surface area contributed by atoms with E-state index in [1.807, 2.05) is 22.6 Å². The van der Waals surface area contributed by atoms with E-state index in [2.05, 4.69) is 5.32 Å². The number of benzene rings is 3. The first-order chi connectivity index (χ1) is 13.7. The van der Waals surface area contributed by atoms with Gasteiger partial charge in [0.15, 0.2) is 11.6 Å². The van der Waals surface area contributed by atoms with Crippen molar-refractivity contribution in [2.24, 2.45) is 0 Å². The summed E-state index contributed by atoms with van der Waals surface area (Å²) in [7, 11) is 0. The van der Waals surface area contributed by atoms with Crippen molar-refractivity contribution in [2.75, 3.05) is 11.1 Å². The highest BCUT2D eigenvalue weighted by atomic mass is 127. The Kier molecular flexibility index (Phi) is 7.54. The molecule has 0 saturated carbocycles. The van der Waals surface area contributed by atoms with Gasteiger partial charge in [0.2, 0.25) is 0 Å². The van der Waals surface area contributed by atoms with Crippen molar-refractivity contribution < 1.29 is 27.5 Å². The fraction of sp³-hybridized carbons (Fsp3) is 0.0500. The summed E-state index contributed by atoms with van der Waals surface area (Å²) in [5, 5.41) is 11.7. The maximum atomic E-state index is 14.7. The molecule has 0 aliphatic rings. The molecule has 0 amide bonds. The molecule has 3 aromatic carbocycles. The lowest BCUT2D eigenvalue weighted by atomic mass is 9.99. The fourth-order valence-corrected chi connectivity index (χ4v) is 3.22. The minimum absolute atomic E-state index is 0. The maximum absolute atomic E-state index is 14.7. The summed E-state index contributed by atoms with van der Waals surface area (Å²) in [6.07, 6.45) is -0.419. The quantitative estimate of drug-likeness (QED) is 0.210. The second-order valence-electron chi connectivity index (χ2n) is 6.14. The first kappa shape index (κ1) is 23.7. The number of carboxylic acid groups (broad SMARTS) is 1. The Bertz CT molecular complexity index is 1130. The number of hydrogen-bond acceptors (Lipinski definition) is 3. The second kappa shape index (κ2) is 9.52. The van der Waals surface area contributed by atoms with Crippen molar-refractivity contribution in [3.63, 3.8) is 0 Å². The Morgan fingerprint density at radius 2 is 1.70 bits per heavy atom. The van der Waals surface area contributed by atoms with Gasteiger partial charge in [-0.1, -0.05) is 12.1 Å². The molecule has 10 heteroatoms. The Morgan fingerprint density at radius 1 is 1.00 bits per heavy atom. The molecule has 0 atom stereocenters. The molecular weight excluding hydrogens is 539 g/mol.